The molecule has 2 aromatic rings. The maximum Gasteiger partial charge on any atom is 0.278 e. The molecule has 0 unspecified atom stereocenters. The van der Waals surface area contributed by atoms with E-state index in [2.05, 4.69) is 15.1 Å². The molecule has 17 heavy (non-hydrogen) atoms. The van der Waals surface area contributed by atoms with E-state index in [1.54, 1.807) is 6.33 Å². The van der Waals surface area contributed by atoms with E-state index in [0.717, 1.165) is 12.8 Å². The number of imidazole rings is 1. The predicted octanol–water partition coefficient (Wildman–Crippen LogP) is 1.44. The van der Waals surface area contributed by atoms with Crippen molar-refractivity contribution in [3.8, 4) is 11.6 Å². The molecule has 0 atom stereocenters. The van der Waals surface area contributed by atoms with Crippen molar-refractivity contribution < 1.29 is 4.52 Å². The van der Waals surface area contributed by atoms with Crippen LogP contribution in [0.15, 0.2) is 17.0 Å². The summed E-state index contributed by atoms with van der Waals surface area (Å²) in [6, 6.07) is 0. The third-order valence-corrected chi connectivity index (χ3v) is 3.06. The van der Waals surface area contributed by atoms with Gasteiger partial charge in [-0.3, -0.25) is 0 Å². The lowest BCUT2D eigenvalue weighted by molar-refractivity contribution is 0.350. The number of rotatable bonds is 4. The van der Waals surface area contributed by atoms with Gasteiger partial charge in [0, 0.05) is 13.2 Å². The Hall–Kier alpha value is -1.69. The number of nitrogens with two attached hydrogens (primary N) is 1. The highest BCUT2D eigenvalue weighted by Crippen LogP contribution is 2.25. The van der Waals surface area contributed by atoms with E-state index >= 15 is 0 Å². The van der Waals surface area contributed by atoms with Gasteiger partial charge in [0.1, 0.15) is 5.69 Å². The minimum atomic E-state index is -0.517. The number of aromatic nitrogens is 4. The zero-order valence-corrected chi connectivity index (χ0v) is 10.3. The van der Waals surface area contributed by atoms with Crippen molar-refractivity contribution in [1.82, 2.24) is 19.7 Å². The molecule has 6 heteroatoms. The highest BCUT2D eigenvalue weighted by Gasteiger charge is 2.29. The molecule has 0 amide bonds. The fourth-order valence-electron chi connectivity index (χ4n) is 1.62. The average Bonchev–Trinajstić information content (AvgIpc) is 2.96. The number of aryl methyl sites for hydroxylation is 1. The maximum atomic E-state index is 6.20. The Balaban J connectivity index is 2.33. The molecular formula is C11H17N5O. The zero-order valence-electron chi connectivity index (χ0n) is 10.3. The largest absolute Gasteiger partial charge is 0.340 e. The Labute approximate surface area is 99.8 Å². The number of hydrogen-bond acceptors (Lipinski definition) is 5. The summed E-state index contributed by atoms with van der Waals surface area (Å²) in [6.07, 6.45) is 5.05. The fraction of sp³-hybridized carbons (Fsp3) is 0.545. The second kappa shape index (κ2) is 4.29. The standard InChI is InChI=1S/C11H17N5O/c1-4-11(12,5-2)10-14-9(17-15-10)8-6-16(3)7-13-8/h6-7H,4-5,12H2,1-3H3. The highest BCUT2D eigenvalue weighted by atomic mass is 16.5. The van der Waals surface area contributed by atoms with Gasteiger partial charge in [-0.25, -0.2) is 4.98 Å². The first-order chi connectivity index (χ1) is 8.09. The molecule has 0 radical (unpaired) electrons. The van der Waals surface area contributed by atoms with Crippen LogP contribution < -0.4 is 5.73 Å². The van der Waals surface area contributed by atoms with Gasteiger partial charge in [-0.1, -0.05) is 19.0 Å². The Bertz CT molecular complexity index is 497. The molecule has 0 aliphatic carbocycles. The van der Waals surface area contributed by atoms with E-state index in [9.17, 15) is 0 Å². The Morgan fingerprint density at radius 2 is 2.12 bits per heavy atom. The van der Waals surface area contributed by atoms with E-state index in [0.29, 0.717) is 17.4 Å². The lowest BCUT2D eigenvalue weighted by Gasteiger charge is -2.21. The van der Waals surface area contributed by atoms with E-state index in [1.807, 2.05) is 31.7 Å². The lowest BCUT2D eigenvalue weighted by atomic mass is 9.93. The molecule has 0 saturated heterocycles. The van der Waals surface area contributed by atoms with E-state index in [-0.39, 0.29) is 0 Å². The highest BCUT2D eigenvalue weighted by molar-refractivity contribution is 5.44. The smallest absolute Gasteiger partial charge is 0.278 e. The summed E-state index contributed by atoms with van der Waals surface area (Å²) in [5, 5.41) is 3.96. The Morgan fingerprint density at radius 3 is 2.65 bits per heavy atom. The van der Waals surface area contributed by atoms with Gasteiger partial charge in [-0.05, 0) is 12.8 Å². The van der Waals surface area contributed by atoms with Crippen LogP contribution in [0.2, 0.25) is 0 Å². The normalized spacial score (nSPS) is 12.0. The van der Waals surface area contributed by atoms with Crippen molar-refractivity contribution in [2.24, 2.45) is 12.8 Å². The van der Waals surface area contributed by atoms with Crippen LogP contribution in [-0.4, -0.2) is 19.7 Å². The van der Waals surface area contributed by atoms with E-state index in [4.69, 9.17) is 10.3 Å². The summed E-state index contributed by atoms with van der Waals surface area (Å²) in [7, 11) is 1.89. The second-order valence-electron chi connectivity index (χ2n) is 4.21. The maximum absolute atomic E-state index is 6.20. The average molecular weight is 235 g/mol. The van der Waals surface area contributed by atoms with Crippen LogP contribution in [0.1, 0.15) is 32.5 Å². The SMILES string of the molecule is CCC(N)(CC)c1noc(-c2cn(C)cn2)n1. The second-order valence-corrected chi connectivity index (χ2v) is 4.21. The van der Waals surface area contributed by atoms with Crippen LogP contribution in [0, 0.1) is 0 Å². The first-order valence-corrected chi connectivity index (χ1v) is 5.70. The first kappa shape index (κ1) is 11.8. The number of nitrogens with zero attached hydrogens (tertiary/aromatic N) is 4. The van der Waals surface area contributed by atoms with Gasteiger partial charge >= 0.3 is 0 Å². The summed E-state index contributed by atoms with van der Waals surface area (Å²) in [5.74, 6) is 0.959. The van der Waals surface area contributed by atoms with Crippen molar-refractivity contribution in [2.75, 3.05) is 0 Å². The van der Waals surface area contributed by atoms with Crippen molar-refractivity contribution in [1.29, 1.82) is 0 Å². The minimum Gasteiger partial charge on any atom is -0.340 e. The first-order valence-electron chi connectivity index (χ1n) is 5.70. The Kier molecular flexibility index (Phi) is 2.97. The summed E-state index contributed by atoms with van der Waals surface area (Å²) >= 11 is 0. The van der Waals surface area contributed by atoms with Crippen LogP contribution >= 0.6 is 0 Å². The summed E-state index contributed by atoms with van der Waals surface area (Å²) < 4.78 is 7.02. The van der Waals surface area contributed by atoms with Crippen LogP contribution in [0.3, 0.4) is 0 Å². The summed E-state index contributed by atoms with van der Waals surface area (Å²) in [6.45, 7) is 4.03. The molecule has 0 spiro atoms. The van der Waals surface area contributed by atoms with Gasteiger partial charge in [0.05, 0.1) is 11.9 Å². The molecule has 2 aromatic heterocycles. The molecule has 6 nitrogen and oxygen atoms in total. The monoisotopic (exact) mass is 235 g/mol. The molecule has 0 aliphatic heterocycles. The Morgan fingerprint density at radius 1 is 1.41 bits per heavy atom. The molecule has 2 rings (SSSR count). The molecular weight excluding hydrogens is 218 g/mol. The molecule has 2 heterocycles. The van der Waals surface area contributed by atoms with Gasteiger partial charge in [0.2, 0.25) is 0 Å². The van der Waals surface area contributed by atoms with Gasteiger partial charge in [-0.15, -0.1) is 0 Å². The molecule has 2 N–H and O–H groups in total. The minimum absolute atomic E-state index is 0.414. The third-order valence-electron chi connectivity index (χ3n) is 3.06. The zero-order chi connectivity index (χ0) is 12.5. The molecule has 0 aliphatic rings. The van der Waals surface area contributed by atoms with Crippen molar-refractivity contribution in [2.45, 2.75) is 32.2 Å². The molecule has 0 saturated carbocycles. The van der Waals surface area contributed by atoms with Crippen LogP contribution in [-0.2, 0) is 12.6 Å². The van der Waals surface area contributed by atoms with Crippen LogP contribution in [0.5, 0.6) is 0 Å². The van der Waals surface area contributed by atoms with Gasteiger partial charge < -0.3 is 14.8 Å². The molecule has 0 fully saturated rings. The van der Waals surface area contributed by atoms with E-state index < -0.39 is 5.54 Å². The molecule has 92 valence electrons. The third kappa shape index (κ3) is 2.08. The van der Waals surface area contributed by atoms with Crippen molar-refractivity contribution in [3.05, 3.63) is 18.3 Å². The van der Waals surface area contributed by atoms with E-state index in [1.165, 1.54) is 0 Å². The van der Waals surface area contributed by atoms with Gasteiger partial charge in [0.25, 0.3) is 5.89 Å². The topological polar surface area (TPSA) is 82.8 Å². The molecule has 0 aromatic carbocycles. The fourth-order valence-corrected chi connectivity index (χ4v) is 1.62. The summed E-state index contributed by atoms with van der Waals surface area (Å²) in [4.78, 5) is 8.49. The quantitative estimate of drug-likeness (QED) is 0.867. The lowest BCUT2D eigenvalue weighted by Crippen LogP contribution is -2.36. The van der Waals surface area contributed by atoms with Crippen molar-refractivity contribution in [3.63, 3.8) is 0 Å². The van der Waals surface area contributed by atoms with Gasteiger partial charge in [-0.2, -0.15) is 4.98 Å². The van der Waals surface area contributed by atoms with Gasteiger partial charge in [0.15, 0.2) is 5.82 Å². The number of hydrogen-bond donors (Lipinski definition) is 1. The van der Waals surface area contributed by atoms with Crippen LogP contribution in [0.25, 0.3) is 11.6 Å². The van der Waals surface area contributed by atoms with Crippen LogP contribution in [0.4, 0.5) is 0 Å². The predicted molar refractivity (Wildman–Crippen MR) is 62.9 cm³/mol. The molecule has 0 bridgehead atoms. The summed E-state index contributed by atoms with van der Waals surface area (Å²) in [5.41, 5.74) is 6.35. The van der Waals surface area contributed by atoms with Crippen molar-refractivity contribution >= 4 is 0 Å².